The molecule has 16 heavy (non-hydrogen) atoms. The molecule has 1 aromatic rings. The van der Waals surface area contributed by atoms with Crippen LogP contribution in [0.3, 0.4) is 0 Å². The van der Waals surface area contributed by atoms with Crippen LogP contribution in [-0.4, -0.2) is 11.2 Å². The van der Waals surface area contributed by atoms with Gasteiger partial charge < -0.3 is 5.11 Å². The highest BCUT2D eigenvalue weighted by atomic mass is 79.9. The molecule has 1 aliphatic carbocycles. The van der Waals surface area contributed by atoms with Crippen LogP contribution in [0.15, 0.2) is 22.7 Å². The van der Waals surface area contributed by atoms with Gasteiger partial charge in [-0.05, 0) is 52.7 Å². The highest BCUT2D eigenvalue weighted by Gasteiger charge is 2.22. The number of benzene rings is 1. The third kappa shape index (κ3) is 2.64. The van der Waals surface area contributed by atoms with Crippen LogP contribution in [0.2, 0.25) is 0 Å². The predicted octanol–water partition coefficient (Wildman–Crippen LogP) is 4.00. The molecule has 0 radical (unpaired) electrons. The zero-order valence-corrected chi connectivity index (χ0v) is 10.7. The lowest BCUT2D eigenvalue weighted by Crippen LogP contribution is -2.10. The van der Waals surface area contributed by atoms with Crippen molar-refractivity contribution in [2.45, 2.75) is 44.1 Å². The minimum atomic E-state index is -0.272. The quantitative estimate of drug-likeness (QED) is 0.774. The van der Waals surface area contributed by atoms with Gasteiger partial charge in [-0.1, -0.05) is 25.0 Å². The first-order valence-corrected chi connectivity index (χ1v) is 6.59. The van der Waals surface area contributed by atoms with Crippen LogP contribution < -0.4 is 0 Å². The van der Waals surface area contributed by atoms with E-state index in [-0.39, 0.29) is 17.8 Å². The molecule has 0 saturated heterocycles. The molecular formula is C13H16BrFO. The topological polar surface area (TPSA) is 20.2 Å². The summed E-state index contributed by atoms with van der Waals surface area (Å²) in [5, 5.41) is 9.75. The molecule has 1 aliphatic rings. The van der Waals surface area contributed by atoms with Crippen molar-refractivity contribution in [1.82, 2.24) is 0 Å². The maximum absolute atomic E-state index is 13.9. The summed E-state index contributed by atoms with van der Waals surface area (Å²) in [6.45, 7) is 0. The normalized spacial score (nSPS) is 26.4. The van der Waals surface area contributed by atoms with Gasteiger partial charge in [-0.3, -0.25) is 0 Å². The van der Waals surface area contributed by atoms with E-state index in [2.05, 4.69) is 15.9 Å². The fourth-order valence-corrected chi connectivity index (χ4v) is 2.83. The Hall–Kier alpha value is -0.410. The third-order valence-electron chi connectivity index (χ3n) is 3.32. The molecule has 0 spiro atoms. The van der Waals surface area contributed by atoms with Crippen LogP contribution in [0.25, 0.3) is 0 Å². The van der Waals surface area contributed by atoms with Crippen molar-refractivity contribution in [2.24, 2.45) is 0 Å². The van der Waals surface area contributed by atoms with Gasteiger partial charge in [0.05, 0.1) is 10.6 Å². The van der Waals surface area contributed by atoms with Gasteiger partial charge in [0, 0.05) is 0 Å². The Morgan fingerprint density at radius 1 is 1.25 bits per heavy atom. The molecule has 1 N–H and O–H groups in total. The van der Waals surface area contributed by atoms with Crippen LogP contribution in [-0.2, 0) is 0 Å². The molecule has 88 valence electrons. The monoisotopic (exact) mass is 286 g/mol. The van der Waals surface area contributed by atoms with Gasteiger partial charge in [-0.2, -0.15) is 0 Å². The molecule has 0 amide bonds. The summed E-state index contributed by atoms with van der Waals surface area (Å²) < 4.78 is 14.4. The van der Waals surface area contributed by atoms with Gasteiger partial charge in [0.25, 0.3) is 0 Å². The summed E-state index contributed by atoms with van der Waals surface area (Å²) in [6.07, 6.45) is 4.37. The van der Waals surface area contributed by atoms with E-state index in [4.69, 9.17) is 0 Å². The predicted molar refractivity (Wildman–Crippen MR) is 65.9 cm³/mol. The lowest BCUT2D eigenvalue weighted by Gasteiger charge is -2.18. The molecule has 1 saturated carbocycles. The Morgan fingerprint density at radius 2 is 2.00 bits per heavy atom. The first-order valence-electron chi connectivity index (χ1n) is 5.80. The van der Waals surface area contributed by atoms with E-state index >= 15 is 0 Å². The lowest BCUT2D eigenvalue weighted by molar-refractivity contribution is 0.151. The second-order valence-electron chi connectivity index (χ2n) is 4.51. The largest absolute Gasteiger partial charge is 0.393 e. The molecular weight excluding hydrogens is 271 g/mol. The zero-order chi connectivity index (χ0) is 11.5. The summed E-state index contributed by atoms with van der Waals surface area (Å²) in [4.78, 5) is 0. The molecule has 3 heteroatoms. The molecule has 2 unspecified atom stereocenters. The Bertz CT molecular complexity index is 367. The summed E-state index contributed by atoms with van der Waals surface area (Å²) in [6, 6.07) is 5.41. The van der Waals surface area contributed by atoms with E-state index in [1.165, 1.54) is 0 Å². The van der Waals surface area contributed by atoms with E-state index < -0.39 is 0 Å². The van der Waals surface area contributed by atoms with Crippen LogP contribution in [0, 0.1) is 5.82 Å². The smallest absolute Gasteiger partial charge is 0.140 e. The number of rotatable bonds is 1. The third-order valence-corrected chi connectivity index (χ3v) is 3.93. The minimum Gasteiger partial charge on any atom is -0.393 e. The van der Waals surface area contributed by atoms with Gasteiger partial charge in [0.1, 0.15) is 5.82 Å². The van der Waals surface area contributed by atoms with Crippen molar-refractivity contribution in [3.63, 3.8) is 0 Å². The highest BCUT2D eigenvalue weighted by molar-refractivity contribution is 9.10. The molecule has 0 heterocycles. The van der Waals surface area contributed by atoms with Crippen molar-refractivity contribution in [1.29, 1.82) is 0 Å². The minimum absolute atomic E-state index is 0.162. The van der Waals surface area contributed by atoms with Crippen molar-refractivity contribution in [2.75, 3.05) is 0 Å². The number of hydrogen-bond acceptors (Lipinski definition) is 1. The van der Waals surface area contributed by atoms with E-state index in [9.17, 15) is 9.50 Å². The number of halogens is 2. The second-order valence-corrected chi connectivity index (χ2v) is 5.37. The Kier molecular flexibility index (Phi) is 3.98. The molecule has 1 aromatic carbocycles. The maximum atomic E-state index is 13.9. The lowest BCUT2D eigenvalue weighted by atomic mass is 9.91. The summed E-state index contributed by atoms with van der Waals surface area (Å²) >= 11 is 3.21. The van der Waals surface area contributed by atoms with Gasteiger partial charge >= 0.3 is 0 Å². The summed E-state index contributed by atoms with van der Waals surface area (Å²) in [7, 11) is 0. The van der Waals surface area contributed by atoms with Gasteiger partial charge in [-0.25, -0.2) is 4.39 Å². The van der Waals surface area contributed by atoms with E-state index in [0.29, 0.717) is 10.9 Å². The first-order chi connectivity index (χ1) is 7.68. The SMILES string of the molecule is OC1CCCCC(c2cccc(Br)c2F)C1. The van der Waals surface area contributed by atoms with Crippen LogP contribution in [0.4, 0.5) is 4.39 Å². The summed E-state index contributed by atoms with van der Waals surface area (Å²) in [5.41, 5.74) is 0.746. The zero-order valence-electron chi connectivity index (χ0n) is 9.13. The van der Waals surface area contributed by atoms with Crippen LogP contribution in [0.5, 0.6) is 0 Å². The second kappa shape index (κ2) is 5.28. The molecule has 1 fully saturated rings. The average Bonchev–Trinajstić information content (AvgIpc) is 2.47. The van der Waals surface area contributed by atoms with Crippen LogP contribution >= 0.6 is 15.9 Å². The number of hydrogen-bond donors (Lipinski definition) is 1. The van der Waals surface area contributed by atoms with Crippen molar-refractivity contribution < 1.29 is 9.50 Å². The van der Waals surface area contributed by atoms with E-state index in [1.807, 2.05) is 12.1 Å². The van der Waals surface area contributed by atoms with E-state index in [1.54, 1.807) is 6.07 Å². The van der Waals surface area contributed by atoms with Gasteiger partial charge in [0.2, 0.25) is 0 Å². The van der Waals surface area contributed by atoms with E-state index in [0.717, 1.165) is 31.2 Å². The first kappa shape index (κ1) is 12.1. The van der Waals surface area contributed by atoms with Crippen molar-refractivity contribution >= 4 is 15.9 Å². The molecule has 1 nitrogen and oxygen atoms in total. The molecule has 2 rings (SSSR count). The fourth-order valence-electron chi connectivity index (χ4n) is 2.45. The Balaban J connectivity index is 2.24. The fraction of sp³-hybridized carbons (Fsp3) is 0.538. The summed E-state index contributed by atoms with van der Waals surface area (Å²) in [5.74, 6) is -0.00315. The van der Waals surface area contributed by atoms with Crippen molar-refractivity contribution in [3.05, 3.63) is 34.1 Å². The van der Waals surface area contributed by atoms with Crippen LogP contribution in [0.1, 0.15) is 43.6 Å². The molecule has 2 atom stereocenters. The average molecular weight is 287 g/mol. The maximum Gasteiger partial charge on any atom is 0.140 e. The molecule has 0 aromatic heterocycles. The highest BCUT2D eigenvalue weighted by Crippen LogP contribution is 2.34. The number of aliphatic hydroxyl groups excluding tert-OH is 1. The standard InChI is InChI=1S/C13H16BrFO/c14-12-7-3-6-11(13(12)15)9-4-1-2-5-10(16)8-9/h3,6-7,9-10,16H,1-2,4-5,8H2. The van der Waals surface area contributed by atoms with Gasteiger partial charge in [0.15, 0.2) is 0 Å². The Morgan fingerprint density at radius 3 is 2.81 bits per heavy atom. The molecule has 0 aliphatic heterocycles. The molecule has 0 bridgehead atoms. The van der Waals surface area contributed by atoms with Crippen molar-refractivity contribution in [3.8, 4) is 0 Å². The Labute approximate surface area is 104 Å². The number of aliphatic hydroxyl groups is 1. The van der Waals surface area contributed by atoms with Gasteiger partial charge in [-0.15, -0.1) is 0 Å².